The van der Waals surface area contributed by atoms with Crippen molar-refractivity contribution < 1.29 is 31.4 Å². The van der Waals surface area contributed by atoms with Gasteiger partial charge in [0.25, 0.3) is 5.91 Å². The number of rotatable bonds is 7. The molecule has 5 nitrogen and oxygen atoms in total. The number of nitrogens with one attached hydrogen (secondary N) is 1. The fourth-order valence-electron chi connectivity index (χ4n) is 6.55. The lowest BCUT2D eigenvalue weighted by atomic mass is 9.71. The summed E-state index contributed by atoms with van der Waals surface area (Å²) in [6, 6.07) is 17.9. The molecule has 3 aliphatic heterocycles. The fourth-order valence-corrected chi connectivity index (χ4v) is 6.55. The van der Waals surface area contributed by atoms with E-state index >= 15 is 0 Å². The molecule has 3 aromatic rings. The summed E-state index contributed by atoms with van der Waals surface area (Å²) in [5.74, 6) is 1.21. The minimum Gasteiger partial charge on any atom is -1.00 e. The SMILES string of the molecule is C=CC1C[N@+]2(CC(=O)Nc3ccccc3C(C)C)CCC1CC2C(O)c1ccnc2ccccc12.[Br-]. The van der Waals surface area contributed by atoms with Gasteiger partial charge in [0.15, 0.2) is 6.54 Å². The molecule has 4 unspecified atom stereocenters. The van der Waals surface area contributed by atoms with E-state index in [4.69, 9.17) is 0 Å². The monoisotopic (exact) mass is 549 g/mol. The molecule has 1 amide bonds. The lowest BCUT2D eigenvalue weighted by Crippen LogP contribution is -3.00. The van der Waals surface area contributed by atoms with Crippen LogP contribution in [0.3, 0.4) is 0 Å². The molecule has 36 heavy (non-hydrogen) atoms. The molecular weight excluding hydrogens is 514 g/mol. The topological polar surface area (TPSA) is 62.2 Å². The molecule has 6 rings (SSSR count). The Hall–Kier alpha value is -2.54. The highest BCUT2D eigenvalue weighted by molar-refractivity contribution is 5.92. The number of anilines is 1. The first-order valence-electron chi connectivity index (χ1n) is 12.8. The molecule has 3 aliphatic rings. The first-order valence-corrected chi connectivity index (χ1v) is 12.8. The number of carbonyl (C=O) groups excluding carboxylic acids is 1. The number of quaternary nitrogens is 1. The van der Waals surface area contributed by atoms with E-state index in [-0.39, 0.29) is 28.9 Å². The van der Waals surface area contributed by atoms with E-state index in [1.807, 2.05) is 48.5 Å². The summed E-state index contributed by atoms with van der Waals surface area (Å²) in [6.45, 7) is 10.5. The Morgan fingerprint density at radius 3 is 2.69 bits per heavy atom. The first-order chi connectivity index (χ1) is 16.9. The van der Waals surface area contributed by atoms with Crippen molar-refractivity contribution in [3.63, 3.8) is 0 Å². The number of aliphatic hydroxyl groups is 1. The Balaban J connectivity index is 0.00000304. The average molecular weight is 551 g/mol. The van der Waals surface area contributed by atoms with Gasteiger partial charge in [0.05, 0.1) is 18.6 Å². The quantitative estimate of drug-likeness (QED) is 0.351. The van der Waals surface area contributed by atoms with E-state index in [0.29, 0.717) is 28.8 Å². The van der Waals surface area contributed by atoms with Crippen molar-refractivity contribution in [2.75, 3.05) is 25.0 Å². The molecule has 2 N–H and O–H groups in total. The molecule has 0 radical (unpaired) electrons. The van der Waals surface area contributed by atoms with Gasteiger partial charge in [-0.25, -0.2) is 0 Å². The number of nitrogens with zero attached hydrogens (tertiary/aromatic N) is 2. The predicted molar refractivity (Wildman–Crippen MR) is 141 cm³/mol. The number of pyridine rings is 1. The third kappa shape index (κ3) is 4.86. The van der Waals surface area contributed by atoms with E-state index in [9.17, 15) is 9.90 Å². The number of benzene rings is 2. The third-order valence-corrected chi connectivity index (χ3v) is 8.36. The van der Waals surface area contributed by atoms with Gasteiger partial charge < -0.3 is 31.9 Å². The van der Waals surface area contributed by atoms with Crippen molar-refractivity contribution in [2.45, 2.75) is 44.8 Å². The van der Waals surface area contributed by atoms with Gasteiger partial charge in [0.1, 0.15) is 12.1 Å². The van der Waals surface area contributed by atoms with E-state index in [0.717, 1.165) is 53.6 Å². The predicted octanol–water partition coefficient (Wildman–Crippen LogP) is 2.45. The lowest BCUT2D eigenvalue weighted by molar-refractivity contribution is -0.966. The minimum atomic E-state index is -0.660. The smallest absolute Gasteiger partial charge is 0.279 e. The number of amides is 1. The number of hydrogen-bond acceptors (Lipinski definition) is 3. The Morgan fingerprint density at radius 1 is 1.17 bits per heavy atom. The zero-order chi connectivity index (χ0) is 24.6. The summed E-state index contributed by atoms with van der Waals surface area (Å²) >= 11 is 0. The van der Waals surface area contributed by atoms with E-state index < -0.39 is 6.10 Å². The Morgan fingerprint density at radius 2 is 1.92 bits per heavy atom. The van der Waals surface area contributed by atoms with Crippen molar-refractivity contribution in [3.05, 3.63) is 84.6 Å². The largest absolute Gasteiger partial charge is 1.00 e. The normalized spacial score (nSPS) is 25.8. The summed E-state index contributed by atoms with van der Waals surface area (Å²) in [5, 5.41) is 16.0. The number of piperidine rings is 3. The Bertz CT molecular complexity index is 1240. The Labute approximate surface area is 224 Å². The van der Waals surface area contributed by atoms with Crippen molar-refractivity contribution in [1.29, 1.82) is 0 Å². The van der Waals surface area contributed by atoms with Crippen LogP contribution in [0.15, 0.2) is 73.4 Å². The minimum absolute atomic E-state index is 0. The van der Waals surface area contributed by atoms with E-state index in [2.05, 4.69) is 42.9 Å². The average Bonchev–Trinajstić information content (AvgIpc) is 2.88. The van der Waals surface area contributed by atoms with Crippen molar-refractivity contribution >= 4 is 22.5 Å². The van der Waals surface area contributed by atoms with Gasteiger partial charge in [-0.2, -0.15) is 0 Å². The zero-order valence-electron chi connectivity index (χ0n) is 21.1. The summed E-state index contributed by atoms with van der Waals surface area (Å²) in [5.41, 5.74) is 3.82. The van der Waals surface area contributed by atoms with Crippen LogP contribution < -0.4 is 22.3 Å². The fraction of sp³-hybridized carbons (Fsp3) is 0.400. The number of carbonyl (C=O) groups is 1. The highest BCUT2D eigenvalue weighted by atomic mass is 79.9. The third-order valence-electron chi connectivity index (χ3n) is 8.36. The zero-order valence-corrected chi connectivity index (χ0v) is 22.7. The Kier molecular flexibility index (Phi) is 7.98. The second kappa shape index (κ2) is 10.8. The number of halogens is 1. The standard InChI is InChI=1S/C30H35N3O2.BrH/c1-4-21-18-33(19-29(34)32-27-12-8-5-9-23(27)20(2)3)16-14-22(21)17-28(33)30(35)25-13-15-31-26-11-7-6-10-24(25)26;/h4-13,15,20-22,28,30,35H,1,14,16-19H2,2-3H3;1H/t21?,22?,28?,30?,33-;/m0./s1. The molecule has 4 heterocycles. The van der Waals surface area contributed by atoms with Gasteiger partial charge in [-0.05, 0) is 41.2 Å². The second-order valence-corrected chi connectivity index (χ2v) is 10.7. The molecular formula is C30H36BrN3O2. The van der Waals surface area contributed by atoms with E-state index in [1.54, 1.807) is 6.20 Å². The molecule has 0 spiro atoms. The van der Waals surface area contributed by atoms with Crippen LogP contribution in [-0.4, -0.2) is 46.2 Å². The number of aromatic nitrogens is 1. The lowest BCUT2D eigenvalue weighted by Gasteiger charge is -2.57. The van der Waals surface area contributed by atoms with Crippen LogP contribution in [0.25, 0.3) is 10.9 Å². The van der Waals surface area contributed by atoms with Crippen LogP contribution in [0.2, 0.25) is 0 Å². The van der Waals surface area contributed by atoms with Gasteiger partial charge in [-0.3, -0.25) is 9.78 Å². The molecule has 0 saturated carbocycles. The molecule has 6 heteroatoms. The highest BCUT2D eigenvalue weighted by Gasteiger charge is 2.54. The van der Waals surface area contributed by atoms with E-state index in [1.165, 1.54) is 0 Å². The number of aliphatic hydroxyl groups excluding tert-OH is 1. The summed E-state index contributed by atoms with van der Waals surface area (Å²) in [6.07, 6.45) is 5.14. The summed E-state index contributed by atoms with van der Waals surface area (Å²) in [4.78, 5) is 18.0. The maximum atomic E-state index is 13.5. The molecule has 0 aliphatic carbocycles. The van der Waals surface area contributed by atoms with Crippen molar-refractivity contribution in [3.8, 4) is 0 Å². The molecule has 3 saturated heterocycles. The van der Waals surface area contributed by atoms with Crippen LogP contribution in [0.4, 0.5) is 5.69 Å². The maximum absolute atomic E-state index is 13.5. The first kappa shape index (κ1) is 26.5. The highest BCUT2D eigenvalue weighted by Crippen LogP contribution is 2.47. The molecule has 2 aromatic carbocycles. The molecule has 190 valence electrons. The van der Waals surface area contributed by atoms with Crippen molar-refractivity contribution in [2.24, 2.45) is 11.8 Å². The van der Waals surface area contributed by atoms with Gasteiger partial charge in [-0.15, -0.1) is 6.58 Å². The van der Waals surface area contributed by atoms with Crippen molar-refractivity contribution in [1.82, 2.24) is 4.98 Å². The maximum Gasteiger partial charge on any atom is 0.279 e. The van der Waals surface area contributed by atoms with Crippen LogP contribution in [0.1, 0.15) is 49.8 Å². The van der Waals surface area contributed by atoms with Crippen LogP contribution >= 0.6 is 0 Å². The molecule has 3 fully saturated rings. The van der Waals surface area contributed by atoms with Gasteiger partial charge in [0.2, 0.25) is 0 Å². The summed E-state index contributed by atoms with van der Waals surface area (Å²) in [7, 11) is 0. The van der Waals surface area contributed by atoms with Gasteiger partial charge >= 0.3 is 0 Å². The number of hydrogen-bond donors (Lipinski definition) is 2. The van der Waals surface area contributed by atoms with Crippen LogP contribution in [0.5, 0.6) is 0 Å². The second-order valence-electron chi connectivity index (χ2n) is 10.7. The molecule has 2 bridgehead atoms. The summed E-state index contributed by atoms with van der Waals surface area (Å²) < 4.78 is 0.598. The molecule has 5 atom stereocenters. The molecule has 1 aromatic heterocycles. The van der Waals surface area contributed by atoms with Gasteiger partial charge in [0, 0.05) is 36.0 Å². The van der Waals surface area contributed by atoms with Crippen LogP contribution in [-0.2, 0) is 4.79 Å². The number of fused-ring (bicyclic) bond motifs is 4. The number of para-hydroxylation sites is 2. The van der Waals surface area contributed by atoms with Crippen LogP contribution in [0, 0.1) is 11.8 Å². The van der Waals surface area contributed by atoms with Gasteiger partial charge in [-0.1, -0.05) is 56.3 Å².